The van der Waals surface area contributed by atoms with Gasteiger partial charge in [0.25, 0.3) is 0 Å². The monoisotopic (exact) mass is 172 g/mol. The van der Waals surface area contributed by atoms with Crippen LogP contribution in [0.5, 0.6) is 0 Å². The Labute approximate surface area is 74.5 Å². The fourth-order valence-corrected chi connectivity index (χ4v) is 1.08. The number of ether oxygens (including phenoxy) is 1. The fourth-order valence-electron chi connectivity index (χ4n) is 1.08. The lowest BCUT2D eigenvalue weighted by molar-refractivity contribution is 0.0299. The van der Waals surface area contributed by atoms with Crippen molar-refractivity contribution in [3.05, 3.63) is 0 Å². The minimum Gasteiger partial charge on any atom is -0.408 e. The molecule has 1 fully saturated rings. The van der Waals surface area contributed by atoms with E-state index < -0.39 is 0 Å². The van der Waals surface area contributed by atoms with E-state index in [1.807, 2.05) is 0 Å². The van der Waals surface area contributed by atoms with E-state index in [2.05, 4.69) is 20.8 Å². The maximum absolute atomic E-state index is 5.50. The predicted molar refractivity (Wildman–Crippen MR) is 48.2 cm³/mol. The Morgan fingerprint density at radius 3 is 1.83 bits per heavy atom. The van der Waals surface area contributed by atoms with Crippen LogP contribution in [0.1, 0.15) is 20.8 Å². The van der Waals surface area contributed by atoms with E-state index in [0.717, 1.165) is 0 Å². The van der Waals surface area contributed by atoms with Crippen molar-refractivity contribution < 1.29 is 14.0 Å². The highest BCUT2D eigenvalue weighted by molar-refractivity contribution is 6.48. The van der Waals surface area contributed by atoms with Crippen LogP contribution in [0, 0.1) is 0 Å². The second-order valence-corrected chi connectivity index (χ2v) is 4.05. The molecule has 0 saturated carbocycles. The number of hydrogen-bond acceptors (Lipinski definition) is 3. The maximum atomic E-state index is 5.50. The SMILES string of the molecule is CC(C)(C)B1OCCOCCO1. The van der Waals surface area contributed by atoms with Gasteiger partial charge in [-0.05, 0) is 5.31 Å². The van der Waals surface area contributed by atoms with Gasteiger partial charge in [0.15, 0.2) is 0 Å². The van der Waals surface area contributed by atoms with E-state index in [1.165, 1.54) is 0 Å². The van der Waals surface area contributed by atoms with Gasteiger partial charge in [-0.3, -0.25) is 0 Å². The molecule has 0 N–H and O–H groups in total. The smallest absolute Gasteiger partial charge is 0.408 e. The minimum atomic E-state index is -0.0959. The lowest BCUT2D eigenvalue weighted by atomic mass is 9.61. The van der Waals surface area contributed by atoms with Gasteiger partial charge in [-0.1, -0.05) is 20.8 Å². The maximum Gasteiger partial charge on any atom is 0.462 e. The molecule has 0 aromatic heterocycles. The van der Waals surface area contributed by atoms with Crippen molar-refractivity contribution in [1.29, 1.82) is 0 Å². The van der Waals surface area contributed by atoms with Gasteiger partial charge in [-0.15, -0.1) is 0 Å². The van der Waals surface area contributed by atoms with E-state index in [-0.39, 0.29) is 12.4 Å². The van der Waals surface area contributed by atoms with Gasteiger partial charge in [-0.2, -0.15) is 0 Å². The number of hydrogen-bond donors (Lipinski definition) is 0. The van der Waals surface area contributed by atoms with Crippen LogP contribution in [0.25, 0.3) is 0 Å². The largest absolute Gasteiger partial charge is 0.462 e. The van der Waals surface area contributed by atoms with Crippen LogP contribution in [0.4, 0.5) is 0 Å². The van der Waals surface area contributed by atoms with Gasteiger partial charge < -0.3 is 14.0 Å². The Bertz CT molecular complexity index is 125. The predicted octanol–water partition coefficient (Wildman–Crippen LogP) is 1.34. The fraction of sp³-hybridized carbons (Fsp3) is 1.00. The highest BCUT2D eigenvalue weighted by atomic mass is 16.6. The standard InChI is InChI=1S/C8H17BO3/c1-8(2,3)9-11-6-4-10-5-7-12-9/h4-7H2,1-3H3. The molecule has 0 bridgehead atoms. The zero-order valence-electron chi connectivity index (χ0n) is 8.13. The summed E-state index contributed by atoms with van der Waals surface area (Å²) in [7, 11) is -0.0959. The lowest BCUT2D eigenvalue weighted by Gasteiger charge is -2.27. The van der Waals surface area contributed by atoms with Gasteiger partial charge in [-0.25, -0.2) is 0 Å². The van der Waals surface area contributed by atoms with Crippen molar-refractivity contribution in [1.82, 2.24) is 0 Å². The van der Waals surface area contributed by atoms with Crippen LogP contribution in [0.2, 0.25) is 5.31 Å². The first-order valence-electron chi connectivity index (χ1n) is 4.41. The Morgan fingerprint density at radius 2 is 1.42 bits per heavy atom. The van der Waals surface area contributed by atoms with Crippen LogP contribution in [0.15, 0.2) is 0 Å². The van der Waals surface area contributed by atoms with Gasteiger partial charge in [0, 0.05) is 0 Å². The van der Waals surface area contributed by atoms with Gasteiger partial charge in [0.1, 0.15) is 0 Å². The summed E-state index contributed by atoms with van der Waals surface area (Å²) in [5, 5.41) is 0.0529. The van der Waals surface area contributed by atoms with Gasteiger partial charge >= 0.3 is 7.12 Å². The average molecular weight is 172 g/mol. The van der Waals surface area contributed by atoms with Crippen molar-refractivity contribution in [2.75, 3.05) is 26.4 Å². The summed E-state index contributed by atoms with van der Waals surface area (Å²) in [4.78, 5) is 0. The summed E-state index contributed by atoms with van der Waals surface area (Å²) < 4.78 is 16.2. The molecule has 4 heteroatoms. The molecule has 70 valence electrons. The van der Waals surface area contributed by atoms with Crippen LogP contribution < -0.4 is 0 Å². The Hall–Kier alpha value is -0.0551. The lowest BCUT2D eigenvalue weighted by Crippen LogP contribution is -2.37. The summed E-state index contributed by atoms with van der Waals surface area (Å²) in [6, 6.07) is 0. The van der Waals surface area contributed by atoms with Crippen LogP contribution in [0.3, 0.4) is 0 Å². The normalized spacial score (nSPS) is 21.8. The van der Waals surface area contributed by atoms with Crippen molar-refractivity contribution in [2.45, 2.75) is 26.1 Å². The molecule has 0 amide bonds. The second-order valence-electron chi connectivity index (χ2n) is 4.05. The third-order valence-corrected chi connectivity index (χ3v) is 1.70. The van der Waals surface area contributed by atoms with E-state index in [4.69, 9.17) is 14.0 Å². The Kier molecular flexibility index (Phi) is 3.56. The molecule has 3 nitrogen and oxygen atoms in total. The molecule has 1 aliphatic rings. The first-order valence-corrected chi connectivity index (χ1v) is 4.41. The molecule has 0 unspecified atom stereocenters. The highest BCUT2D eigenvalue weighted by Crippen LogP contribution is 2.28. The molecular weight excluding hydrogens is 155 g/mol. The molecule has 0 atom stereocenters. The molecule has 1 saturated heterocycles. The van der Waals surface area contributed by atoms with E-state index in [1.54, 1.807) is 0 Å². The third kappa shape index (κ3) is 3.13. The van der Waals surface area contributed by atoms with Crippen molar-refractivity contribution in [3.8, 4) is 0 Å². The molecule has 1 aliphatic heterocycles. The quantitative estimate of drug-likeness (QED) is 0.516. The van der Waals surface area contributed by atoms with E-state index in [9.17, 15) is 0 Å². The van der Waals surface area contributed by atoms with Gasteiger partial charge in [0.2, 0.25) is 0 Å². The first kappa shape index (κ1) is 10.0. The molecule has 0 aliphatic carbocycles. The Morgan fingerprint density at radius 1 is 0.917 bits per heavy atom. The second kappa shape index (κ2) is 4.26. The molecular formula is C8H17BO3. The van der Waals surface area contributed by atoms with Crippen LogP contribution >= 0.6 is 0 Å². The van der Waals surface area contributed by atoms with Crippen molar-refractivity contribution in [3.63, 3.8) is 0 Å². The first-order chi connectivity index (χ1) is 5.61. The zero-order chi connectivity index (χ0) is 9.03. The highest BCUT2D eigenvalue weighted by Gasteiger charge is 2.34. The third-order valence-electron chi connectivity index (χ3n) is 1.70. The topological polar surface area (TPSA) is 27.7 Å². The summed E-state index contributed by atoms with van der Waals surface area (Å²) in [5.74, 6) is 0. The molecule has 1 rings (SSSR count). The summed E-state index contributed by atoms with van der Waals surface area (Å²) >= 11 is 0. The van der Waals surface area contributed by atoms with E-state index >= 15 is 0 Å². The minimum absolute atomic E-state index is 0.0529. The molecule has 12 heavy (non-hydrogen) atoms. The Balaban J connectivity index is 2.40. The zero-order valence-corrected chi connectivity index (χ0v) is 8.13. The average Bonchev–Trinajstić information content (AvgIpc) is 1.81. The molecule has 0 aromatic carbocycles. The van der Waals surface area contributed by atoms with Crippen LogP contribution in [-0.4, -0.2) is 33.5 Å². The molecule has 1 heterocycles. The molecule has 0 spiro atoms. The van der Waals surface area contributed by atoms with Crippen molar-refractivity contribution >= 4 is 7.12 Å². The van der Waals surface area contributed by atoms with E-state index in [0.29, 0.717) is 26.4 Å². The summed E-state index contributed by atoms with van der Waals surface area (Å²) in [6.45, 7) is 8.94. The molecule has 0 radical (unpaired) electrons. The van der Waals surface area contributed by atoms with Crippen LogP contribution in [-0.2, 0) is 14.0 Å². The number of rotatable bonds is 0. The van der Waals surface area contributed by atoms with Crippen molar-refractivity contribution in [2.24, 2.45) is 0 Å². The van der Waals surface area contributed by atoms with Gasteiger partial charge in [0.05, 0.1) is 26.4 Å². The summed E-state index contributed by atoms with van der Waals surface area (Å²) in [6.07, 6.45) is 0. The molecule has 0 aromatic rings. The summed E-state index contributed by atoms with van der Waals surface area (Å²) in [5.41, 5.74) is 0.